The van der Waals surface area contributed by atoms with E-state index in [1.807, 2.05) is 32.9 Å². The van der Waals surface area contributed by atoms with Crippen LogP contribution in [0.1, 0.15) is 92.4 Å². The molecular weight excluding hydrogens is 638 g/mol. The molecule has 4 rings (SSSR count). The van der Waals surface area contributed by atoms with Crippen molar-refractivity contribution in [2.75, 3.05) is 13.2 Å². The Labute approximate surface area is 284 Å². The Bertz CT molecular complexity index is 1770. The molecule has 0 spiro atoms. The predicted molar refractivity (Wildman–Crippen MR) is 181 cm³/mol. The van der Waals surface area contributed by atoms with E-state index in [0.717, 1.165) is 32.6 Å². The first-order valence-corrected chi connectivity index (χ1v) is 16.5. The van der Waals surface area contributed by atoms with Gasteiger partial charge in [0.2, 0.25) is 5.88 Å². The normalized spacial score (nSPS) is 16.2. The lowest BCUT2D eigenvalue weighted by Crippen LogP contribution is -2.45. The van der Waals surface area contributed by atoms with E-state index in [-0.39, 0.29) is 44.3 Å². The lowest BCUT2D eigenvalue weighted by Gasteiger charge is -2.37. The summed E-state index contributed by atoms with van der Waals surface area (Å²) < 4.78 is 30.0. The zero-order chi connectivity index (χ0) is 35.8. The van der Waals surface area contributed by atoms with Crippen LogP contribution in [-0.4, -0.2) is 57.4 Å². The lowest BCUT2D eigenvalue weighted by atomic mass is 9.86. The maximum Gasteiger partial charge on any atom is 0.344 e. The second-order valence-corrected chi connectivity index (χ2v) is 15.4. The number of carbonyl (C=O) groups is 3. The number of thiazole rings is 1. The van der Waals surface area contributed by atoms with Gasteiger partial charge >= 0.3 is 16.8 Å². The smallest absolute Gasteiger partial charge is 0.344 e. The summed E-state index contributed by atoms with van der Waals surface area (Å²) in [6, 6.07) is 7.17. The molecule has 0 saturated carbocycles. The predicted octanol–water partition coefficient (Wildman–Crippen LogP) is 6.00. The summed E-state index contributed by atoms with van der Waals surface area (Å²) in [6.07, 6.45) is 0.353. The summed E-state index contributed by atoms with van der Waals surface area (Å²) in [7, 11) is 0. The van der Waals surface area contributed by atoms with Crippen LogP contribution in [0.3, 0.4) is 0 Å². The van der Waals surface area contributed by atoms with E-state index >= 15 is 0 Å². The molecule has 2 aromatic carbocycles. The number of ether oxygens (including phenoxy) is 5. The highest BCUT2D eigenvalue weighted by atomic mass is 32.1. The number of Topliss-reactive ketones (excluding diaryl/α,β-unsaturated/α-hetero) is 1. The van der Waals surface area contributed by atoms with E-state index in [2.05, 4.69) is 0 Å². The Morgan fingerprint density at radius 1 is 0.917 bits per heavy atom. The van der Waals surface area contributed by atoms with Gasteiger partial charge in [0.05, 0.1) is 16.9 Å². The molecule has 48 heavy (non-hydrogen) atoms. The fraction of sp³-hybridized carbons (Fsp3) is 0.500. The van der Waals surface area contributed by atoms with E-state index in [9.17, 15) is 24.3 Å². The molecule has 0 amide bonds. The summed E-state index contributed by atoms with van der Waals surface area (Å²) in [6.45, 7) is 17.3. The Morgan fingerprint density at radius 3 is 2.12 bits per heavy atom. The van der Waals surface area contributed by atoms with Gasteiger partial charge in [-0.2, -0.15) is 0 Å². The molecule has 0 bridgehead atoms. The first kappa shape index (κ1) is 36.5. The van der Waals surface area contributed by atoms with E-state index < -0.39 is 33.6 Å². The molecule has 0 radical (unpaired) electrons. The summed E-state index contributed by atoms with van der Waals surface area (Å²) in [5, 5.41) is 10.6. The summed E-state index contributed by atoms with van der Waals surface area (Å²) in [5.41, 5.74) is 1.08. The SMILES string of the molecule is Cc1c(C)c2c(c(C)c1OCC(=O)OC(C)(C)C)C(=O)CC(C)(COc1ccc(Cc3sc(=O)n(CC(=O)OC(C)(C)C)c3O)cc1)O2. The molecule has 0 aliphatic carbocycles. The number of nitrogens with zero attached hydrogens (tertiary/aromatic N) is 1. The van der Waals surface area contributed by atoms with Gasteiger partial charge in [-0.15, -0.1) is 0 Å². The van der Waals surface area contributed by atoms with Crippen LogP contribution in [0.5, 0.6) is 23.1 Å². The first-order chi connectivity index (χ1) is 22.2. The van der Waals surface area contributed by atoms with Crippen molar-refractivity contribution in [3.63, 3.8) is 0 Å². The average Bonchev–Trinajstić information content (AvgIpc) is 3.20. The van der Waals surface area contributed by atoms with Crippen molar-refractivity contribution in [3.8, 4) is 23.1 Å². The molecule has 12 heteroatoms. The number of hydrogen-bond donors (Lipinski definition) is 1. The van der Waals surface area contributed by atoms with Crippen molar-refractivity contribution in [2.45, 2.75) is 105 Å². The zero-order valence-electron chi connectivity index (χ0n) is 29.3. The number of carbonyl (C=O) groups excluding carboxylic acids is 3. The van der Waals surface area contributed by atoms with Gasteiger partial charge in [0.15, 0.2) is 12.4 Å². The summed E-state index contributed by atoms with van der Waals surface area (Å²) in [5.74, 6) is 0.0159. The van der Waals surface area contributed by atoms with E-state index in [1.165, 1.54) is 0 Å². The van der Waals surface area contributed by atoms with Gasteiger partial charge in [0.25, 0.3) is 0 Å². The van der Waals surface area contributed by atoms with Crippen LogP contribution in [0.15, 0.2) is 29.1 Å². The van der Waals surface area contributed by atoms with Crippen molar-refractivity contribution < 1.29 is 43.2 Å². The van der Waals surface area contributed by atoms with Gasteiger partial charge in [-0.05, 0) is 98.1 Å². The second kappa shape index (κ2) is 13.7. The van der Waals surface area contributed by atoms with E-state index in [0.29, 0.717) is 33.3 Å². The fourth-order valence-corrected chi connectivity index (χ4v) is 6.30. The average molecular weight is 684 g/mol. The van der Waals surface area contributed by atoms with Gasteiger partial charge in [0, 0.05) is 12.0 Å². The van der Waals surface area contributed by atoms with Crippen LogP contribution >= 0.6 is 11.3 Å². The minimum absolute atomic E-state index is 0.0748. The Balaban J connectivity index is 1.42. The molecule has 3 aromatic rings. The number of aromatic nitrogens is 1. The van der Waals surface area contributed by atoms with Crippen LogP contribution in [0.2, 0.25) is 0 Å². The molecule has 0 fully saturated rings. The Kier molecular flexibility index (Phi) is 10.4. The standard InChI is InChI=1S/C36H45NO10S/c1-20-21(2)31-29(22(3)30(20)43-18-28(40)46-35(7,8)9)25(38)16-36(10,47-31)19-44-24-13-11-23(12-14-24)15-26-32(41)37(33(42)48-26)17-27(39)45-34(4,5)6/h11-14,41H,15-19H2,1-10H3. The number of esters is 2. The highest BCUT2D eigenvalue weighted by Gasteiger charge is 2.40. The molecule has 1 aliphatic heterocycles. The third-order valence-electron chi connectivity index (χ3n) is 7.58. The highest BCUT2D eigenvalue weighted by Crippen LogP contribution is 2.44. The number of rotatable bonds is 10. The largest absolute Gasteiger partial charge is 0.494 e. The van der Waals surface area contributed by atoms with Gasteiger partial charge < -0.3 is 28.8 Å². The number of ketones is 1. The first-order valence-electron chi connectivity index (χ1n) is 15.7. The molecule has 1 N–H and O–H groups in total. The van der Waals surface area contributed by atoms with Crippen molar-refractivity contribution in [1.82, 2.24) is 4.57 Å². The minimum atomic E-state index is -0.944. The number of benzene rings is 2. The number of fused-ring (bicyclic) bond motifs is 1. The van der Waals surface area contributed by atoms with Crippen molar-refractivity contribution >= 4 is 29.1 Å². The minimum Gasteiger partial charge on any atom is -0.494 e. The highest BCUT2D eigenvalue weighted by molar-refractivity contribution is 7.09. The lowest BCUT2D eigenvalue weighted by molar-refractivity contribution is -0.157. The number of aromatic hydroxyl groups is 1. The molecule has 1 atom stereocenters. The molecule has 1 unspecified atom stereocenters. The van der Waals surface area contributed by atoms with Gasteiger partial charge in [-0.25, -0.2) is 4.79 Å². The topological polar surface area (TPSA) is 140 Å². The van der Waals surface area contributed by atoms with Crippen molar-refractivity contribution in [2.24, 2.45) is 0 Å². The quantitative estimate of drug-likeness (QED) is 0.253. The summed E-state index contributed by atoms with van der Waals surface area (Å²) in [4.78, 5) is 50.4. The van der Waals surface area contributed by atoms with Gasteiger partial charge in [-0.1, -0.05) is 23.5 Å². The van der Waals surface area contributed by atoms with Crippen LogP contribution in [0.25, 0.3) is 0 Å². The Morgan fingerprint density at radius 2 is 1.52 bits per heavy atom. The van der Waals surface area contributed by atoms with Gasteiger partial charge in [0.1, 0.15) is 47.2 Å². The van der Waals surface area contributed by atoms with E-state index in [1.54, 1.807) is 60.6 Å². The third kappa shape index (κ3) is 8.77. The van der Waals surface area contributed by atoms with Crippen LogP contribution in [-0.2, 0) is 32.0 Å². The monoisotopic (exact) mass is 683 g/mol. The second-order valence-electron chi connectivity index (χ2n) is 14.3. The molecule has 1 aliphatic rings. The van der Waals surface area contributed by atoms with E-state index in [4.69, 9.17) is 23.7 Å². The third-order valence-corrected chi connectivity index (χ3v) is 8.55. The molecule has 260 valence electrons. The molecule has 2 heterocycles. The Hall–Kier alpha value is -4.32. The van der Waals surface area contributed by atoms with Crippen LogP contribution in [0, 0.1) is 20.8 Å². The maximum atomic E-state index is 13.5. The van der Waals surface area contributed by atoms with Crippen LogP contribution in [0.4, 0.5) is 0 Å². The maximum absolute atomic E-state index is 13.5. The molecular formula is C36H45NO10S. The molecule has 11 nitrogen and oxygen atoms in total. The van der Waals surface area contributed by atoms with Crippen LogP contribution < -0.4 is 19.1 Å². The van der Waals surface area contributed by atoms with Crippen molar-refractivity contribution in [3.05, 3.63) is 66.6 Å². The fourth-order valence-electron chi connectivity index (χ4n) is 5.39. The van der Waals surface area contributed by atoms with Gasteiger partial charge in [-0.3, -0.25) is 19.0 Å². The zero-order valence-corrected chi connectivity index (χ0v) is 30.1. The number of hydrogen-bond acceptors (Lipinski definition) is 11. The summed E-state index contributed by atoms with van der Waals surface area (Å²) >= 11 is 0.874. The van der Waals surface area contributed by atoms with Crippen molar-refractivity contribution in [1.29, 1.82) is 0 Å². The molecule has 0 saturated heterocycles. The molecule has 1 aromatic heterocycles.